The molecule has 0 bridgehead atoms. The van der Waals surface area contributed by atoms with Crippen molar-refractivity contribution >= 4 is 17.3 Å². The van der Waals surface area contributed by atoms with Crippen molar-refractivity contribution in [2.24, 2.45) is 0 Å². The van der Waals surface area contributed by atoms with E-state index in [0.29, 0.717) is 31.1 Å². The zero-order valence-corrected chi connectivity index (χ0v) is 14.3. The van der Waals surface area contributed by atoms with Gasteiger partial charge in [0.25, 0.3) is 0 Å². The maximum Gasteiger partial charge on any atom is 0.410 e. The molecule has 1 unspecified atom stereocenters. The topological polar surface area (TPSA) is 87.6 Å². The van der Waals surface area contributed by atoms with Gasteiger partial charge in [-0.05, 0) is 27.2 Å². The quantitative estimate of drug-likeness (QED) is 0.604. The molecular formula is C14H21N3O4S. The second-order valence-electron chi connectivity index (χ2n) is 6.05. The predicted octanol–water partition coefficient (Wildman–Crippen LogP) is 1.52. The Kier molecular flexibility index (Phi) is 4.81. The molecule has 1 aromatic rings. The molecule has 22 heavy (non-hydrogen) atoms. The molecule has 1 aliphatic rings. The van der Waals surface area contributed by atoms with Crippen molar-refractivity contribution in [2.45, 2.75) is 44.5 Å². The summed E-state index contributed by atoms with van der Waals surface area (Å²) in [6.45, 7) is 6.29. The Labute approximate surface area is 133 Å². The highest BCUT2D eigenvalue weighted by Crippen LogP contribution is 2.27. The van der Waals surface area contributed by atoms with Gasteiger partial charge in [0.15, 0.2) is 0 Å². The highest BCUT2D eigenvalue weighted by molar-refractivity contribution is 7.90. The number of ether oxygens (including phenoxy) is 2. The van der Waals surface area contributed by atoms with Crippen LogP contribution in [0.1, 0.15) is 32.0 Å². The van der Waals surface area contributed by atoms with Gasteiger partial charge < -0.3 is 18.9 Å². The van der Waals surface area contributed by atoms with Crippen LogP contribution < -0.4 is 4.74 Å². The van der Waals surface area contributed by atoms with Gasteiger partial charge in [-0.3, -0.25) is 0 Å². The minimum atomic E-state index is -1.31. The van der Waals surface area contributed by atoms with E-state index in [1.54, 1.807) is 4.90 Å². The van der Waals surface area contributed by atoms with Crippen molar-refractivity contribution in [2.75, 3.05) is 19.9 Å². The summed E-state index contributed by atoms with van der Waals surface area (Å²) in [7, 11) is 1.52. The van der Waals surface area contributed by atoms with Gasteiger partial charge in [0.1, 0.15) is 11.9 Å². The average Bonchev–Trinajstić information content (AvgIpc) is 2.43. The smallest absolute Gasteiger partial charge is 0.410 e. The molecule has 2 heterocycles. The zero-order valence-electron chi connectivity index (χ0n) is 13.5. The molecule has 1 amide bonds. The van der Waals surface area contributed by atoms with E-state index in [4.69, 9.17) is 9.47 Å². The van der Waals surface area contributed by atoms with Crippen LogP contribution >= 0.6 is 0 Å². The Morgan fingerprint density at radius 1 is 1.36 bits per heavy atom. The highest BCUT2D eigenvalue weighted by atomic mass is 32.2. The number of nitrogens with zero attached hydrogens (tertiary/aromatic N) is 3. The Balaban J connectivity index is 2.25. The van der Waals surface area contributed by atoms with Crippen LogP contribution in [0.25, 0.3) is 0 Å². The minimum Gasteiger partial charge on any atom is -0.609 e. The van der Waals surface area contributed by atoms with Gasteiger partial charge in [-0.25, -0.2) is 4.79 Å². The van der Waals surface area contributed by atoms with Crippen molar-refractivity contribution in [3.05, 3.63) is 11.3 Å². The number of methoxy groups -OCH3 is 1. The number of fused-ring (bicyclic) bond motifs is 1. The summed E-state index contributed by atoms with van der Waals surface area (Å²) >= 11 is -1.31. The maximum absolute atomic E-state index is 12.2. The first-order valence-corrected chi connectivity index (χ1v) is 8.52. The lowest BCUT2D eigenvalue weighted by molar-refractivity contribution is 0.0219. The Hall–Kier alpha value is -1.54. The molecule has 0 fully saturated rings. The van der Waals surface area contributed by atoms with Crippen molar-refractivity contribution in [3.8, 4) is 5.88 Å². The maximum atomic E-state index is 12.2. The molecule has 122 valence electrons. The van der Waals surface area contributed by atoms with E-state index in [-0.39, 0.29) is 11.2 Å². The van der Waals surface area contributed by atoms with Crippen LogP contribution in [0.5, 0.6) is 5.88 Å². The molecule has 0 saturated carbocycles. The molecule has 0 N–H and O–H groups in total. The van der Waals surface area contributed by atoms with Gasteiger partial charge in [0.05, 0.1) is 19.3 Å². The fourth-order valence-corrected chi connectivity index (χ4v) is 2.60. The van der Waals surface area contributed by atoms with Crippen LogP contribution in [0, 0.1) is 0 Å². The van der Waals surface area contributed by atoms with E-state index in [1.165, 1.54) is 13.4 Å². The fraction of sp³-hybridized carbons (Fsp3) is 0.643. The predicted molar refractivity (Wildman–Crippen MR) is 81.3 cm³/mol. The molecule has 1 atom stereocenters. The number of amides is 1. The lowest BCUT2D eigenvalue weighted by Crippen LogP contribution is -2.40. The van der Waals surface area contributed by atoms with Crippen molar-refractivity contribution in [1.29, 1.82) is 0 Å². The summed E-state index contributed by atoms with van der Waals surface area (Å²) in [4.78, 5) is 22.2. The van der Waals surface area contributed by atoms with Crippen LogP contribution in [0.4, 0.5) is 4.79 Å². The van der Waals surface area contributed by atoms with Crippen molar-refractivity contribution in [3.63, 3.8) is 0 Å². The van der Waals surface area contributed by atoms with Crippen molar-refractivity contribution < 1.29 is 18.8 Å². The Bertz CT molecular complexity index is 572. The SMILES string of the molecule is COc1nc([S+](C)[O-])nc2c1CCN(C(=O)OC(C)(C)C)C2. The van der Waals surface area contributed by atoms with Crippen LogP contribution in [0.2, 0.25) is 0 Å². The Morgan fingerprint density at radius 2 is 2.05 bits per heavy atom. The molecule has 1 aliphatic heterocycles. The molecule has 0 spiro atoms. The molecule has 0 saturated heterocycles. The van der Waals surface area contributed by atoms with Crippen molar-refractivity contribution in [1.82, 2.24) is 14.9 Å². The van der Waals surface area contributed by atoms with E-state index < -0.39 is 16.8 Å². The number of rotatable bonds is 2. The standard InChI is InChI=1S/C14H21N3O4S/c1-14(2,3)21-13(18)17-7-6-9-10(8-17)15-12(22(5)19)16-11(9)20-4/h6-8H2,1-5H3. The van der Waals surface area contributed by atoms with Gasteiger partial charge in [-0.2, -0.15) is 4.98 Å². The zero-order chi connectivity index (χ0) is 16.5. The number of hydrogen-bond donors (Lipinski definition) is 0. The van der Waals surface area contributed by atoms with Crippen LogP contribution in [0.15, 0.2) is 5.16 Å². The third-order valence-electron chi connectivity index (χ3n) is 3.11. The summed E-state index contributed by atoms with van der Waals surface area (Å²) in [6.07, 6.45) is 1.71. The average molecular weight is 327 g/mol. The molecule has 2 rings (SSSR count). The minimum absolute atomic E-state index is 0.210. The number of carbonyl (C=O) groups excluding carboxylic acids is 1. The summed E-state index contributed by atoms with van der Waals surface area (Å²) in [5, 5.41) is 0.210. The van der Waals surface area contributed by atoms with Crippen LogP contribution in [0.3, 0.4) is 0 Å². The van der Waals surface area contributed by atoms with Gasteiger partial charge in [-0.15, -0.1) is 4.98 Å². The largest absolute Gasteiger partial charge is 0.609 e. The van der Waals surface area contributed by atoms with E-state index in [1.807, 2.05) is 20.8 Å². The third kappa shape index (κ3) is 3.80. The summed E-state index contributed by atoms with van der Waals surface area (Å²) in [5.74, 6) is 0.430. The van der Waals surface area contributed by atoms with Gasteiger partial charge in [0.2, 0.25) is 5.88 Å². The van der Waals surface area contributed by atoms with Gasteiger partial charge >= 0.3 is 11.2 Å². The van der Waals surface area contributed by atoms with Gasteiger partial charge in [-0.1, -0.05) is 0 Å². The second-order valence-corrected chi connectivity index (χ2v) is 7.32. The lowest BCUT2D eigenvalue weighted by Gasteiger charge is -2.30. The van der Waals surface area contributed by atoms with E-state index in [9.17, 15) is 9.35 Å². The van der Waals surface area contributed by atoms with E-state index in [0.717, 1.165) is 5.56 Å². The molecule has 7 nitrogen and oxygen atoms in total. The summed E-state index contributed by atoms with van der Waals surface area (Å²) in [5.41, 5.74) is 0.974. The molecule has 0 aromatic carbocycles. The van der Waals surface area contributed by atoms with Crippen LogP contribution in [-0.2, 0) is 28.9 Å². The van der Waals surface area contributed by atoms with E-state index >= 15 is 0 Å². The fourth-order valence-electron chi connectivity index (χ4n) is 2.15. The Morgan fingerprint density at radius 3 is 2.59 bits per heavy atom. The molecule has 1 aromatic heterocycles. The molecular weight excluding hydrogens is 306 g/mol. The van der Waals surface area contributed by atoms with Crippen LogP contribution in [-0.4, -0.2) is 51.0 Å². The second kappa shape index (κ2) is 6.29. The molecule has 8 heteroatoms. The first kappa shape index (κ1) is 16.8. The summed E-state index contributed by atoms with van der Waals surface area (Å²) < 4.78 is 22.3. The number of hydrogen-bond acceptors (Lipinski definition) is 6. The molecule has 0 aliphatic carbocycles. The monoisotopic (exact) mass is 327 g/mol. The lowest BCUT2D eigenvalue weighted by atomic mass is 10.1. The third-order valence-corrected chi connectivity index (χ3v) is 3.81. The first-order chi connectivity index (χ1) is 10.2. The highest BCUT2D eigenvalue weighted by Gasteiger charge is 2.30. The first-order valence-electron chi connectivity index (χ1n) is 6.96. The van der Waals surface area contributed by atoms with E-state index in [2.05, 4.69) is 9.97 Å². The number of carbonyl (C=O) groups is 1. The number of aromatic nitrogens is 2. The summed E-state index contributed by atoms with van der Waals surface area (Å²) in [6, 6.07) is 0. The normalized spacial score (nSPS) is 16.0. The molecule has 0 radical (unpaired) electrons. The van der Waals surface area contributed by atoms with Gasteiger partial charge in [0, 0.05) is 23.3 Å².